The summed E-state index contributed by atoms with van der Waals surface area (Å²) in [5.74, 6) is 0.445. The summed E-state index contributed by atoms with van der Waals surface area (Å²) >= 11 is 0. The molecule has 0 saturated carbocycles. The van der Waals surface area contributed by atoms with E-state index < -0.39 is 24.2 Å². The Morgan fingerprint density at radius 3 is 1.37 bits per heavy atom. The number of rotatable bonds is 3. The molecular formula is C15H30OSi3. The van der Waals surface area contributed by atoms with Crippen molar-refractivity contribution < 1.29 is 4.79 Å². The maximum absolute atomic E-state index is 13.0. The molecule has 1 nitrogen and oxygen atoms in total. The molecule has 0 saturated heterocycles. The molecule has 0 aromatic carbocycles. The van der Waals surface area contributed by atoms with E-state index in [1.54, 1.807) is 0 Å². The molecule has 0 radical (unpaired) electrons. The fraction of sp³-hybridized carbons (Fsp3) is 0.667. The molecular weight excluding hydrogens is 280 g/mol. The van der Waals surface area contributed by atoms with Gasteiger partial charge in [-0.3, -0.25) is 4.79 Å². The van der Waals surface area contributed by atoms with Gasteiger partial charge in [0.1, 0.15) is 0 Å². The quantitative estimate of drug-likeness (QED) is 0.679. The van der Waals surface area contributed by atoms with Crippen LogP contribution in [0.1, 0.15) is 0 Å². The maximum Gasteiger partial charge on any atom is 0.159 e. The van der Waals surface area contributed by atoms with Gasteiger partial charge in [0.2, 0.25) is 0 Å². The Hall–Kier alpha value is -0.199. The second kappa shape index (κ2) is 4.67. The van der Waals surface area contributed by atoms with Gasteiger partial charge in [-0.05, 0) is 10.8 Å². The van der Waals surface area contributed by atoms with Crippen LogP contribution in [0.25, 0.3) is 0 Å². The van der Waals surface area contributed by atoms with Gasteiger partial charge in [-0.1, -0.05) is 70.7 Å². The minimum atomic E-state index is -1.60. The average Bonchev–Trinajstić information content (AvgIpc) is 2.33. The molecule has 1 atom stereocenters. The second-order valence-corrected chi connectivity index (χ2v) is 24.2. The zero-order valence-corrected chi connectivity index (χ0v) is 17.2. The van der Waals surface area contributed by atoms with Gasteiger partial charge >= 0.3 is 0 Å². The number of hydrogen-bond donors (Lipinski definition) is 0. The number of hydrogen-bond acceptors (Lipinski definition) is 1. The largest absolute Gasteiger partial charge is 0.295 e. The fourth-order valence-electron chi connectivity index (χ4n) is 3.25. The highest BCUT2D eigenvalue weighted by Crippen LogP contribution is 2.48. The average molecular weight is 311 g/mol. The van der Waals surface area contributed by atoms with Gasteiger partial charge < -0.3 is 0 Å². The molecule has 108 valence electrons. The summed E-state index contributed by atoms with van der Waals surface area (Å²) in [4.78, 5) is 13.0. The van der Waals surface area contributed by atoms with Crippen molar-refractivity contribution in [2.24, 2.45) is 0 Å². The third-order valence-corrected chi connectivity index (χ3v) is 10.5. The molecule has 0 aliphatic heterocycles. The van der Waals surface area contributed by atoms with Crippen molar-refractivity contribution in [3.8, 4) is 0 Å². The molecule has 1 aliphatic carbocycles. The number of Topliss-reactive ketones (excluding diaryl/α,β-unsaturated/α-hetero) is 1. The standard InChI is InChI=1S/C15H30OSi3/c1-11-13(17(2,3)4)12(16)15(19(8,9)10)14(11)18(5,6)7/h13H,1H2,2-10H3. The van der Waals surface area contributed by atoms with Gasteiger partial charge in [-0.2, -0.15) is 0 Å². The third kappa shape index (κ3) is 3.11. The summed E-state index contributed by atoms with van der Waals surface area (Å²) in [5, 5.41) is 2.65. The lowest BCUT2D eigenvalue weighted by Gasteiger charge is -2.28. The first-order valence-electron chi connectivity index (χ1n) is 7.17. The van der Waals surface area contributed by atoms with E-state index in [1.165, 1.54) is 16.0 Å². The lowest BCUT2D eigenvalue weighted by Crippen LogP contribution is -2.36. The van der Waals surface area contributed by atoms with Crippen molar-refractivity contribution in [3.05, 3.63) is 22.5 Å². The molecule has 0 heterocycles. The second-order valence-electron chi connectivity index (χ2n) is 8.94. The summed E-state index contributed by atoms with van der Waals surface area (Å²) < 4.78 is 0. The van der Waals surface area contributed by atoms with Crippen LogP contribution in [0.2, 0.25) is 64.5 Å². The minimum absolute atomic E-state index is 0.135. The van der Waals surface area contributed by atoms with E-state index in [2.05, 4.69) is 65.5 Å². The molecule has 1 aliphatic rings. The van der Waals surface area contributed by atoms with Crippen LogP contribution in [0.4, 0.5) is 0 Å². The van der Waals surface area contributed by atoms with Crippen LogP contribution >= 0.6 is 0 Å². The summed E-state index contributed by atoms with van der Waals surface area (Å²) in [6, 6.07) is 0. The Morgan fingerprint density at radius 1 is 0.789 bits per heavy atom. The van der Waals surface area contributed by atoms with E-state index in [4.69, 9.17) is 0 Å². The molecule has 1 unspecified atom stereocenters. The van der Waals surface area contributed by atoms with Crippen LogP contribution in [0.5, 0.6) is 0 Å². The number of carbonyl (C=O) groups is 1. The Bertz CT molecular complexity index is 417. The molecule has 0 N–H and O–H groups in total. The SMILES string of the molecule is C=C1C([Si](C)(C)C)=C([Si](C)(C)C)C(=O)C1[Si](C)(C)C. The number of carbonyl (C=O) groups excluding carboxylic acids is 1. The van der Waals surface area contributed by atoms with Gasteiger partial charge in [-0.25, -0.2) is 0 Å². The topological polar surface area (TPSA) is 17.1 Å². The first-order chi connectivity index (χ1) is 8.19. The van der Waals surface area contributed by atoms with Crippen LogP contribution in [0.15, 0.2) is 22.5 Å². The van der Waals surface area contributed by atoms with Gasteiger partial charge in [0.15, 0.2) is 5.78 Å². The zero-order valence-electron chi connectivity index (χ0n) is 14.2. The van der Waals surface area contributed by atoms with Crippen LogP contribution in [-0.4, -0.2) is 30.0 Å². The van der Waals surface area contributed by atoms with Crippen LogP contribution in [0, 0.1) is 0 Å². The zero-order chi connectivity index (χ0) is 15.4. The van der Waals surface area contributed by atoms with Crippen molar-refractivity contribution in [2.45, 2.75) is 64.5 Å². The van der Waals surface area contributed by atoms with E-state index >= 15 is 0 Å². The van der Waals surface area contributed by atoms with Gasteiger partial charge in [0.25, 0.3) is 0 Å². The monoisotopic (exact) mass is 310 g/mol. The number of ketones is 1. The van der Waals surface area contributed by atoms with Gasteiger partial charge in [0.05, 0.1) is 24.2 Å². The Labute approximate surface area is 122 Å². The molecule has 4 heteroatoms. The van der Waals surface area contributed by atoms with Crippen molar-refractivity contribution in [1.29, 1.82) is 0 Å². The fourth-order valence-corrected chi connectivity index (χ4v) is 11.7. The predicted octanol–water partition coefficient (Wildman–Crippen LogP) is 4.89. The van der Waals surface area contributed by atoms with Gasteiger partial charge in [0, 0.05) is 5.54 Å². The first kappa shape index (κ1) is 16.9. The van der Waals surface area contributed by atoms with E-state index in [-0.39, 0.29) is 5.54 Å². The highest BCUT2D eigenvalue weighted by Gasteiger charge is 2.49. The minimum Gasteiger partial charge on any atom is -0.295 e. The van der Waals surface area contributed by atoms with Crippen LogP contribution in [0.3, 0.4) is 0 Å². The molecule has 0 amide bonds. The molecule has 0 bridgehead atoms. The molecule has 1 rings (SSSR count). The van der Waals surface area contributed by atoms with Crippen LogP contribution in [-0.2, 0) is 4.79 Å². The normalized spacial score (nSPS) is 22.5. The Morgan fingerprint density at radius 2 is 1.16 bits per heavy atom. The van der Waals surface area contributed by atoms with E-state index in [1.807, 2.05) is 0 Å². The summed E-state index contributed by atoms with van der Waals surface area (Å²) in [6.45, 7) is 25.3. The summed E-state index contributed by atoms with van der Waals surface area (Å²) in [7, 11) is -4.64. The van der Waals surface area contributed by atoms with Crippen molar-refractivity contribution in [3.63, 3.8) is 0 Å². The van der Waals surface area contributed by atoms with Gasteiger partial charge in [-0.15, -0.1) is 0 Å². The summed E-state index contributed by atoms with van der Waals surface area (Å²) in [5.41, 5.74) is 1.33. The molecule has 19 heavy (non-hydrogen) atoms. The Kier molecular flexibility index (Phi) is 4.14. The van der Waals surface area contributed by atoms with Crippen molar-refractivity contribution >= 4 is 30.0 Å². The highest BCUT2D eigenvalue weighted by molar-refractivity contribution is 6.96. The molecule has 0 aromatic rings. The van der Waals surface area contributed by atoms with Crippen molar-refractivity contribution in [1.82, 2.24) is 0 Å². The van der Waals surface area contributed by atoms with E-state index in [9.17, 15) is 4.79 Å². The Balaban J connectivity index is 3.55. The van der Waals surface area contributed by atoms with Crippen molar-refractivity contribution in [2.75, 3.05) is 0 Å². The van der Waals surface area contributed by atoms with E-state index in [0.29, 0.717) is 5.78 Å². The molecule has 0 spiro atoms. The lowest BCUT2D eigenvalue weighted by molar-refractivity contribution is -0.114. The molecule has 0 fully saturated rings. The lowest BCUT2D eigenvalue weighted by atomic mass is 10.2. The highest BCUT2D eigenvalue weighted by atomic mass is 28.3. The molecule has 0 aromatic heterocycles. The summed E-state index contributed by atoms with van der Waals surface area (Å²) in [6.07, 6.45) is 0. The smallest absolute Gasteiger partial charge is 0.159 e. The van der Waals surface area contributed by atoms with Crippen LogP contribution < -0.4 is 0 Å². The van der Waals surface area contributed by atoms with E-state index in [0.717, 1.165) is 0 Å². The maximum atomic E-state index is 13.0. The number of allylic oxidation sites excluding steroid dienone is 3. The first-order valence-corrected chi connectivity index (χ1v) is 17.8. The third-order valence-electron chi connectivity index (χ3n) is 3.79. The predicted molar refractivity (Wildman–Crippen MR) is 95.0 cm³/mol.